The SMILES string of the molecule is N#CC1(CC(=O)Nc2ccc3cc[nH]c3c2)CCCCC1. The van der Waals surface area contributed by atoms with Gasteiger partial charge in [-0.15, -0.1) is 0 Å². The number of nitrogens with zero attached hydrogens (tertiary/aromatic N) is 1. The van der Waals surface area contributed by atoms with Crippen LogP contribution in [-0.2, 0) is 4.79 Å². The number of benzene rings is 1. The number of aromatic nitrogens is 1. The van der Waals surface area contributed by atoms with Crippen molar-refractivity contribution in [1.29, 1.82) is 5.26 Å². The van der Waals surface area contributed by atoms with E-state index in [1.807, 2.05) is 30.5 Å². The lowest BCUT2D eigenvalue weighted by Gasteiger charge is -2.29. The average molecular weight is 281 g/mol. The van der Waals surface area contributed by atoms with E-state index in [0.29, 0.717) is 6.42 Å². The van der Waals surface area contributed by atoms with Gasteiger partial charge in [-0.3, -0.25) is 4.79 Å². The summed E-state index contributed by atoms with van der Waals surface area (Å²) in [4.78, 5) is 15.4. The lowest BCUT2D eigenvalue weighted by Crippen LogP contribution is -2.28. The smallest absolute Gasteiger partial charge is 0.225 e. The van der Waals surface area contributed by atoms with Crippen LogP contribution in [0.25, 0.3) is 10.9 Å². The van der Waals surface area contributed by atoms with Gasteiger partial charge in [0.25, 0.3) is 0 Å². The number of amides is 1. The first kappa shape index (κ1) is 13.7. The van der Waals surface area contributed by atoms with E-state index in [-0.39, 0.29) is 5.91 Å². The molecule has 1 aromatic carbocycles. The summed E-state index contributed by atoms with van der Waals surface area (Å²) in [5.74, 6) is -0.0654. The van der Waals surface area contributed by atoms with Crippen molar-refractivity contribution >= 4 is 22.5 Å². The van der Waals surface area contributed by atoms with E-state index in [1.54, 1.807) is 0 Å². The second kappa shape index (κ2) is 5.61. The summed E-state index contributed by atoms with van der Waals surface area (Å²) in [5, 5.41) is 13.5. The third kappa shape index (κ3) is 2.92. The van der Waals surface area contributed by atoms with Crippen molar-refractivity contribution in [1.82, 2.24) is 4.98 Å². The molecule has 1 aromatic heterocycles. The normalized spacial score (nSPS) is 17.3. The fourth-order valence-electron chi connectivity index (χ4n) is 3.19. The summed E-state index contributed by atoms with van der Waals surface area (Å²) in [7, 11) is 0. The minimum absolute atomic E-state index is 0.0654. The van der Waals surface area contributed by atoms with Gasteiger partial charge in [0.2, 0.25) is 5.91 Å². The highest BCUT2D eigenvalue weighted by atomic mass is 16.1. The Morgan fingerprint density at radius 2 is 2.10 bits per heavy atom. The standard InChI is InChI=1S/C17H19N3O/c18-12-17(7-2-1-3-8-17)11-16(21)20-14-5-4-13-6-9-19-15(13)10-14/h4-6,9-10,19H,1-3,7-8,11H2,(H,20,21). The zero-order chi connectivity index (χ0) is 14.7. The van der Waals surface area contributed by atoms with Crippen molar-refractivity contribution in [2.75, 3.05) is 5.32 Å². The summed E-state index contributed by atoms with van der Waals surface area (Å²) in [6, 6.07) is 10.2. The molecule has 4 heteroatoms. The van der Waals surface area contributed by atoms with Gasteiger partial charge >= 0.3 is 0 Å². The van der Waals surface area contributed by atoms with Crippen molar-refractivity contribution < 1.29 is 4.79 Å². The van der Waals surface area contributed by atoms with Gasteiger partial charge in [-0.05, 0) is 36.4 Å². The number of carbonyl (C=O) groups is 1. The lowest BCUT2D eigenvalue weighted by molar-refractivity contribution is -0.118. The van der Waals surface area contributed by atoms with E-state index >= 15 is 0 Å². The van der Waals surface area contributed by atoms with Gasteiger partial charge in [0.05, 0.1) is 11.5 Å². The second-order valence-electron chi connectivity index (χ2n) is 5.96. The monoisotopic (exact) mass is 281 g/mol. The predicted octanol–water partition coefficient (Wildman–Crippen LogP) is 3.97. The fourth-order valence-corrected chi connectivity index (χ4v) is 3.19. The number of nitriles is 1. The van der Waals surface area contributed by atoms with Crippen molar-refractivity contribution in [3.05, 3.63) is 30.5 Å². The van der Waals surface area contributed by atoms with Gasteiger partial charge < -0.3 is 10.3 Å². The molecule has 0 saturated heterocycles. The molecule has 1 saturated carbocycles. The van der Waals surface area contributed by atoms with Gasteiger partial charge in [-0.1, -0.05) is 25.3 Å². The number of fused-ring (bicyclic) bond motifs is 1. The maximum Gasteiger partial charge on any atom is 0.225 e. The van der Waals surface area contributed by atoms with Crippen LogP contribution >= 0.6 is 0 Å². The topological polar surface area (TPSA) is 68.7 Å². The Labute approximate surface area is 124 Å². The number of carbonyl (C=O) groups excluding carboxylic acids is 1. The van der Waals surface area contributed by atoms with Crippen molar-refractivity contribution in [2.24, 2.45) is 5.41 Å². The van der Waals surface area contributed by atoms with E-state index in [0.717, 1.165) is 42.3 Å². The zero-order valence-electron chi connectivity index (χ0n) is 12.0. The largest absolute Gasteiger partial charge is 0.361 e. The van der Waals surface area contributed by atoms with E-state index in [2.05, 4.69) is 16.4 Å². The highest BCUT2D eigenvalue weighted by Gasteiger charge is 2.34. The Kier molecular flexibility index (Phi) is 3.66. The van der Waals surface area contributed by atoms with Crippen molar-refractivity contribution in [3.63, 3.8) is 0 Å². The molecule has 1 aliphatic carbocycles. The molecule has 1 fully saturated rings. The Balaban J connectivity index is 1.69. The summed E-state index contributed by atoms with van der Waals surface area (Å²) >= 11 is 0. The molecule has 2 N–H and O–H groups in total. The van der Waals surface area contributed by atoms with Gasteiger partial charge in [0.1, 0.15) is 0 Å². The van der Waals surface area contributed by atoms with Crippen LogP contribution in [0.4, 0.5) is 5.69 Å². The number of anilines is 1. The molecule has 1 aliphatic rings. The van der Waals surface area contributed by atoms with Gasteiger partial charge in [0.15, 0.2) is 0 Å². The molecule has 0 unspecified atom stereocenters. The number of H-pyrrole nitrogens is 1. The number of nitrogens with one attached hydrogen (secondary N) is 2. The molecule has 3 rings (SSSR count). The van der Waals surface area contributed by atoms with E-state index < -0.39 is 5.41 Å². The maximum absolute atomic E-state index is 12.2. The van der Waals surface area contributed by atoms with Gasteiger partial charge in [-0.2, -0.15) is 5.26 Å². The molecule has 0 radical (unpaired) electrons. The van der Waals surface area contributed by atoms with Crippen molar-refractivity contribution in [2.45, 2.75) is 38.5 Å². The fraction of sp³-hybridized carbons (Fsp3) is 0.412. The molecule has 0 bridgehead atoms. The third-order valence-corrected chi connectivity index (χ3v) is 4.39. The van der Waals surface area contributed by atoms with Crippen LogP contribution in [0.1, 0.15) is 38.5 Å². The van der Waals surface area contributed by atoms with Crippen LogP contribution in [-0.4, -0.2) is 10.9 Å². The third-order valence-electron chi connectivity index (χ3n) is 4.39. The van der Waals surface area contributed by atoms with Crippen LogP contribution in [0.15, 0.2) is 30.5 Å². The van der Waals surface area contributed by atoms with Crippen LogP contribution in [0, 0.1) is 16.7 Å². The Morgan fingerprint density at radius 1 is 1.29 bits per heavy atom. The number of hydrogen-bond acceptors (Lipinski definition) is 2. The first-order chi connectivity index (χ1) is 10.2. The summed E-state index contributed by atoms with van der Waals surface area (Å²) < 4.78 is 0. The van der Waals surface area contributed by atoms with E-state index in [4.69, 9.17) is 0 Å². The minimum atomic E-state index is -0.459. The molecule has 0 aliphatic heterocycles. The van der Waals surface area contributed by atoms with Gasteiger partial charge in [0, 0.05) is 23.8 Å². The lowest BCUT2D eigenvalue weighted by atomic mass is 9.73. The molecule has 1 heterocycles. The molecular formula is C17H19N3O. The van der Waals surface area contributed by atoms with Crippen LogP contribution in [0.2, 0.25) is 0 Å². The number of hydrogen-bond donors (Lipinski definition) is 2. The van der Waals surface area contributed by atoms with Crippen LogP contribution in [0.3, 0.4) is 0 Å². The van der Waals surface area contributed by atoms with Crippen LogP contribution < -0.4 is 5.32 Å². The quantitative estimate of drug-likeness (QED) is 0.893. The number of rotatable bonds is 3. The molecule has 1 amide bonds. The summed E-state index contributed by atoms with van der Waals surface area (Å²) in [6.45, 7) is 0. The molecule has 0 atom stereocenters. The maximum atomic E-state index is 12.2. The predicted molar refractivity (Wildman–Crippen MR) is 82.7 cm³/mol. The molecule has 4 nitrogen and oxygen atoms in total. The van der Waals surface area contributed by atoms with Crippen LogP contribution in [0.5, 0.6) is 0 Å². The Morgan fingerprint density at radius 3 is 2.86 bits per heavy atom. The number of aromatic amines is 1. The molecule has 0 spiro atoms. The summed E-state index contributed by atoms with van der Waals surface area (Å²) in [5.41, 5.74) is 1.32. The Hall–Kier alpha value is -2.28. The summed E-state index contributed by atoms with van der Waals surface area (Å²) in [6.07, 6.45) is 7.13. The first-order valence-corrected chi connectivity index (χ1v) is 7.49. The zero-order valence-corrected chi connectivity index (χ0v) is 12.0. The van der Waals surface area contributed by atoms with E-state index in [9.17, 15) is 10.1 Å². The van der Waals surface area contributed by atoms with Crippen molar-refractivity contribution in [3.8, 4) is 6.07 Å². The first-order valence-electron chi connectivity index (χ1n) is 7.49. The molecular weight excluding hydrogens is 262 g/mol. The van der Waals surface area contributed by atoms with Gasteiger partial charge in [-0.25, -0.2) is 0 Å². The highest BCUT2D eigenvalue weighted by Crippen LogP contribution is 2.38. The Bertz CT molecular complexity index is 689. The molecule has 2 aromatic rings. The average Bonchev–Trinajstić information content (AvgIpc) is 2.95. The van der Waals surface area contributed by atoms with E-state index in [1.165, 1.54) is 6.42 Å². The molecule has 21 heavy (non-hydrogen) atoms. The second-order valence-corrected chi connectivity index (χ2v) is 5.96. The minimum Gasteiger partial charge on any atom is -0.361 e. The highest BCUT2D eigenvalue weighted by molar-refractivity contribution is 5.94. The molecule has 108 valence electrons.